The maximum atomic E-state index is 13.1. The Hall–Kier alpha value is -3.55. The standard InChI is InChI=1S/C23H24N2O6/c1-12-5-6-13(2)15(11-12)24-21(27)16-8-10-18(26)25(16)22-14-7-9-17(29-3)20(30-4)19(14)23(28)31-22/h5-7,9,11,16,22H,8,10H2,1-4H3,(H,24,27)/t16-,22-/m1/s1. The van der Waals surface area contributed by atoms with Crippen LogP contribution in [0.15, 0.2) is 30.3 Å². The molecule has 2 heterocycles. The van der Waals surface area contributed by atoms with E-state index in [4.69, 9.17) is 14.2 Å². The number of hydrogen-bond acceptors (Lipinski definition) is 6. The molecule has 2 aliphatic rings. The molecule has 1 N–H and O–H groups in total. The summed E-state index contributed by atoms with van der Waals surface area (Å²) in [4.78, 5) is 39.9. The first-order valence-corrected chi connectivity index (χ1v) is 10.0. The molecule has 1 saturated heterocycles. The van der Waals surface area contributed by atoms with Gasteiger partial charge in [-0.15, -0.1) is 0 Å². The lowest BCUT2D eigenvalue weighted by molar-refractivity contribution is -0.144. The van der Waals surface area contributed by atoms with Crippen molar-refractivity contribution in [2.45, 2.75) is 39.0 Å². The number of nitrogens with one attached hydrogen (secondary N) is 1. The highest BCUT2D eigenvalue weighted by molar-refractivity contribution is 6.01. The fourth-order valence-electron chi connectivity index (χ4n) is 4.13. The molecule has 2 aliphatic heterocycles. The van der Waals surface area contributed by atoms with Crippen LogP contribution in [0.3, 0.4) is 0 Å². The average molecular weight is 424 g/mol. The monoisotopic (exact) mass is 424 g/mol. The minimum atomic E-state index is -0.994. The Kier molecular flexibility index (Phi) is 5.31. The molecule has 31 heavy (non-hydrogen) atoms. The smallest absolute Gasteiger partial charge is 0.344 e. The van der Waals surface area contributed by atoms with Crippen molar-refractivity contribution in [3.63, 3.8) is 0 Å². The molecule has 2 atom stereocenters. The van der Waals surface area contributed by atoms with E-state index in [0.29, 0.717) is 23.4 Å². The number of benzene rings is 2. The molecule has 0 saturated carbocycles. The Morgan fingerprint density at radius 1 is 1.13 bits per heavy atom. The number of ether oxygens (including phenoxy) is 3. The molecule has 2 aromatic carbocycles. The van der Waals surface area contributed by atoms with Gasteiger partial charge in [0.15, 0.2) is 11.5 Å². The summed E-state index contributed by atoms with van der Waals surface area (Å²) in [6.45, 7) is 3.85. The first-order chi connectivity index (χ1) is 14.8. The number of hydrogen-bond donors (Lipinski definition) is 1. The summed E-state index contributed by atoms with van der Waals surface area (Å²) >= 11 is 0. The molecule has 4 rings (SSSR count). The minimum absolute atomic E-state index is 0.196. The van der Waals surface area contributed by atoms with Gasteiger partial charge >= 0.3 is 5.97 Å². The lowest BCUT2D eigenvalue weighted by Crippen LogP contribution is -2.44. The molecule has 0 aliphatic carbocycles. The predicted molar refractivity (Wildman–Crippen MR) is 112 cm³/mol. The molecule has 0 bridgehead atoms. The molecule has 1 fully saturated rings. The quantitative estimate of drug-likeness (QED) is 0.742. The number of rotatable bonds is 5. The summed E-state index contributed by atoms with van der Waals surface area (Å²) < 4.78 is 16.2. The van der Waals surface area contributed by atoms with Crippen LogP contribution >= 0.6 is 0 Å². The van der Waals surface area contributed by atoms with Crippen molar-refractivity contribution in [3.05, 3.63) is 52.6 Å². The molecule has 0 spiro atoms. The summed E-state index contributed by atoms with van der Waals surface area (Å²) in [5.74, 6) is -0.554. The van der Waals surface area contributed by atoms with Crippen LogP contribution in [0.1, 0.15) is 46.1 Å². The lowest BCUT2D eigenvalue weighted by atomic mass is 10.0. The predicted octanol–water partition coefficient (Wildman–Crippen LogP) is 3.12. The Morgan fingerprint density at radius 3 is 2.61 bits per heavy atom. The van der Waals surface area contributed by atoms with E-state index < -0.39 is 18.2 Å². The second-order valence-electron chi connectivity index (χ2n) is 7.69. The summed E-state index contributed by atoms with van der Waals surface area (Å²) in [5, 5.41) is 2.92. The number of anilines is 1. The van der Waals surface area contributed by atoms with Gasteiger partial charge in [-0.05, 0) is 49.6 Å². The first-order valence-electron chi connectivity index (χ1n) is 10.0. The molecule has 8 heteroatoms. The number of fused-ring (bicyclic) bond motifs is 1. The maximum absolute atomic E-state index is 13.1. The average Bonchev–Trinajstić information content (AvgIpc) is 3.29. The van der Waals surface area contributed by atoms with Crippen molar-refractivity contribution < 1.29 is 28.6 Å². The Labute approximate surface area is 180 Å². The summed E-state index contributed by atoms with van der Waals surface area (Å²) in [7, 11) is 2.90. The maximum Gasteiger partial charge on any atom is 0.344 e. The van der Waals surface area contributed by atoms with Crippen LogP contribution in [0.5, 0.6) is 11.5 Å². The number of nitrogens with zero attached hydrogens (tertiary/aromatic N) is 1. The fraction of sp³-hybridized carbons (Fsp3) is 0.348. The number of aryl methyl sites for hydroxylation is 2. The number of amides is 2. The molecular formula is C23H24N2O6. The van der Waals surface area contributed by atoms with Gasteiger partial charge in [0.1, 0.15) is 11.6 Å². The van der Waals surface area contributed by atoms with Crippen LogP contribution in [0, 0.1) is 13.8 Å². The third kappa shape index (κ3) is 3.48. The van der Waals surface area contributed by atoms with Crippen LogP contribution in [-0.4, -0.2) is 42.9 Å². The van der Waals surface area contributed by atoms with Crippen LogP contribution in [0.4, 0.5) is 5.69 Å². The zero-order valence-corrected chi connectivity index (χ0v) is 17.9. The van der Waals surface area contributed by atoms with Crippen molar-refractivity contribution in [2.75, 3.05) is 19.5 Å². The zero-order chi connectivity index (χ0) is 22.3. The van der Waals surface area contributed by atoms with Crippen LogP contribution in [0.2, 0.25) is 0 Å². The normalized spacial score (nSPS) is 19.8. The van der Waals surface area contributed by atoms with E-state index in [9.17, 15) is 14.4 Å². The fourth-order valence-corrected chi connectivity index (χ4v) is 4.13. The summed E-state index contributed by atoms with van der Waals surface area (Å²) in [6.07, 6.45) is -0.458. The van der Waals surface area contributed by atoms with Crippen molar-refractivity contribution in [1.82, 2.24) is 4.90 Å². The lowest BCUT2D eigenvalue weighted by Gasteiger charge is -2.29. The molecule has 162 valence electrons. The van der Waals surface area contributed by atoms with Crippen molar-refractivity contribution in [3.8, 4) is 11.5 Å². The van der Waals surface area contributed by atoms with Crippen molar-refractivity contribution in [2.24, 2.45) is 0 Å². The Bertz CT molecular complexity index is 1080. The highest BCUT2D eigenvalue weighted by Crippen LogP contribution is 2.45. The van der Waals surface area contributed by atoms with Gasteiger partial charge in [-0.25, -0.2) is 4.79 Å². The Morgan fingerprint density at radius 2 is 1.90 bits per heavy atom. The zero-order valence-electron chi connectivity index (χ0n) is 17.9. The van der Waals surface area contributed by atoms with Gasteiger partial charge in [-0.3, -0.25) is 14.5 Å². The first kappa shape index (κ1) is 20.7. The number of methoxy groups -OCH3 is 2. The van der Waals surface area contributed by atoms with Crippen LogP contribution in [0.25, 0.3) is 0 Å². The van der Waals surface area contributed by atoms with Crippen LogP contribution < -0.4 is 14.8 Å². The number of carbonyl (C=O) groups is 3. The molecular weight excluding hydrogens is 400 g/mol. The minimum Gasteiger partial charge on any atom is -0.493 e. The van der Waals surface area contributed by atoms with E-state index in [-0.39, 0.29) is 29.5 Å². The number of cyclic esters (lactones) is 1. The van der Waals surface area contributed by atoms with Crippen molar-refractivity contribution >= 4 is 23.5 Å². The van der Waals surface area contributed by atoms with Crippen LogP contribution in [-0.2, 0) is 14.3 Å². The second kappa shape index (κ2) is 7.94. The van der Waals surface area contributed by atoms with Gasteiger partial charge in [0, 0.05) is 17.7 Å². The topological polar surface area (TPSA) is 94.2 Å². The number of likely N-dealkylation sites (tertiary alicyclic amines) is 1. The van der Waals surface area contributed by atoms with E-state index >= 15 is 0 Å². The molecule has 0 aromatic heterocycles. The molecule has 2 amide bonds. The van der Waals surface area contributed by atoms with Gasteiger partial charge < -0.3 is 19.5 Å². The molecule has 8 nitrogen and oxygen atoms in total. The van der Waals surface area contributed by atoms with Gasteiger partial charge in [-0.1, -0.05) is 12.1 Å². The number of esters is 1. The Balaban J connectivity index is 1.66. The van der Waals surface area contributed by atoms with E-state index in [0.717, 1.165) is 11.1 Å². The summed E-state index contributed by atoms with van der Waals surface area (Å²) in [6, 6.07) is 8.33. The highest BCUT2D eigenvalue weighted by atomic mass is 16.6. The van der Waals surface area contributed by atoms with Gasteiger partial charge in [-0.2, -0.15) is 0 Å². The van der Waals surface area contributed by atoms with E-state index in [1.165, 1.54) is 19.1 Å². The van der Waals surface area contributed by atoms with E-state index in [2.05, 4.69) is 5.32 Å². The van der Waals surface area contributed by atoms with E-state index in [1.807, 2.05) is 32.0 Å². The molecule has 2 aromatic rings. The van der Waals surface area contributed by atoms with Crippen molar-refractivity contribution in [1.29, 1.82) is 0 Å². The summed E-state index contributed by atoms with van der Waals surface area (Å²) in [5.41, 5.74) is 3.31. The SMILES string of the molecule is COc1ccc2c(c1OC)C(=O)O[C@H]2N1C(=O)CC[C@@H]1C(=O)Nc1cc(C)ccc1C. The molecule has 0 radical (unpaired) electrons. The highest BCUT2D eigenvalue weighted by Gasteiger charge is 2.47. The van der Waals surface area contributed by atoms with Gasteiger partial charge in [0.25, 0.3) is 0 Å². The number of carbonyl (C=O) groups excluding carboxylic acids is 3. The largest absolute Gasteiger partial charge is 0.493 e. The third-order valence-corrected chi connectivity index (χ3v) is 5.73. The molecule has 0 unspecified atom stereocenters. The van der Waals surface area contributed by atoms with Gasteiger partial charge in [0.2, 0.25) is 18.0 Å². The second-order valence-corrected chi connectivity index (χ2v) is 7.69. The van der Waals surface area contributed by atoms with E-state index in [1.54, 1.807) is 12.1 Å². The van der Waals surface area contributed by atoms with Gasteiger partial charge in [0.05, 0.1) is 14.2 Å². The third-order valence-electron chi connectivity index (χ3n) is 5.73.